The minimum atomic E-state index is -0.160. The highest BCUT2D eigenvalue weighted by atomic mass is 35.5. The number of ether oxygens (including phenoxy) is 1. The number of aryl methyl sites for hydroxylation is 1. The van der Waals surface area contributed by atoms with Crippen molar-refractivity contribution >= 4 is 23.2 Å². The first-order valence-corrected chi connectivity index (χ1v) is 6.62. The maximum absolute atomic E-state index is 11.7. The fraction of sp³-hybridized carbons (Fsp3) is 0.200. The summed E-state index contributed by atoms with van der Waals surface area (Å²) in [4.78, 5) is 15.7. The van der Waals surface area contributed by atoms with Crippen molar-refractivity contribution in [3.63, 3.8) is 0 Å². The number of nitrogens with one attached hydrogen (secondary N) is 1. The number of hydrogen-bond acceptors (Lipinski definition) is 3. The molecule has 0 atom stereocenters. The van der Waals surface area contributed by atoms with Crippen molar-refractivity contribution in [1.29, 1.82) is 0 Å². The summed E-state index contributed by atoms with van der Waals surface area (Å²) >= 11 is 5.93. The van der Waals surface area contributed by atoms with Gasteiger partial charge in [-0.15, -0.1) is 0 Å². The molecule has 4 nitrogen and oxygen atoms in total. The SMILES string of the molecule is Cc1cccc(OCCC(=O)Nc2cnccc2Cl)c1. The molecule has 0 saturated heterocycles. The Labute approximate surface area is 122 Å². The van der Waals surface area contributed by atoms with E-state index >= 15 is 0 Å². The zero-order chi connectivity index (χ0) is 14.4. The third kappa shape index (κ3) is 4.24. The van der Waals surface area contributed by atoms with Gasteiger partial charge >= 0.3 is 0 Å². The Morgan fingerprint density at radius 2 is 2.25 bits per heavy atom. The van der Waals surface area contributed by atoms with Crippen LogP contribution in [0.5, 0.6) is 5.75 Å². The number of carbonyl (C=O) groups is 1. The summed E-state index contributed by atoms with van der Waals surface area (Å²) in [5.41, 5.74) is 1.63. The lowest BCUT2D eigenvalue weighted by molar-refractivity contribution is -0.116. The van der Waals surface area contributed by atoms with Crippen LogP contribution in [0.4, 0.5) is 5.69 Å². The van der Waals surface area contributed by atoms with Gasteiger partial charge in [0, 0.05) is 6.20 Å². The van der Waals surface area contributed by atoms with Gasteiger partial charge in [-0.05, 0) is 30.7 Å². The topological polar surface area (TPSA) is 51.2 Å². The number of hydrogen-bond donors (Lipinski definition) is 1. The Morgan fingerprint density at radius 1 is 1.40 bits per heavy atom. The van der Waals surface area contributed by atoms with Crippen LogP contribution in [-0.4, -0.2) is 17.5 Å². The van der Waals surface area contributed by atoms with E-state index in [1.807, 2.05) is 31.2 Å². The van der Waals surface area contributed by atoms with E-state index in [9.17, 15) is 4.79 Å². The molecule has 1 N–H and O–H groups in total. The number of pyridine rings is 1. The van der Waals surface area contributed by atoms with Crippen LogP contribution in [0, 0.1) is 6.92 Å². The molecule has 0 aliphatic rings. The Kier molecular flexibility index (Phi) is 4.96. The zero-order valence-electron chi connectivity index (χ0n) is 11.1. The predicted octanol–water partition coefficient (Wildman–Crippen LogP) is 3.45. The maximum atomic E-state index is 11.7. The second-order valence-corrected chi connectivity index (χ2v) is 4.73. The largest absolute Gasteiger partial charge is 0.493 e. The monoisotopic (exact) mass is 290 g/mol. The average Bonchev–Trinajstić information content (AvgIpc) is 2.41. The summed E-state index contributed by atoms with van der Waals surface area (Å²) in [6, 6.07) is 9.32. The summed E-state index contributed by atoms with van der Waals surface area (Å²) in [5.74, 6) is 0.602. The fourth-order valence-electron chi connectivity index (χ4n) is 1.65. The molecular formula is C15H15ClN2O2. The molecule has 104 valence electrons. The van der Waals surface area contributed by atoms with Gasteiger partial charge in [-0.2, -0.15) is 0 Å². The fourth-order valence-corrected chi connectivity index (χ4v) is 1.80. The van der Waals surface area contributed by atoms with Crippen LogP contribution in [0.1, 0.15) is 12.0 Å². The Bertz CT molecular complexity index is 602. The number of anilines is 1. The Balaban J connectivity index is 1.80. The van der Waals surface area contributed by atoms with Gasteiger partial charge in [0.25, 0.3) is 0 Å². The van der Waals surface area contributed by atoms with Gasteiger partial charge in [0.2, 0.25) is 5.91 Å². The highest BCUT2D eigenvalue weighted by Gasteiger charge is 2.06. The molecular weight excluding hydrogens is 276 g/mol. The molecule has 0 bridgehead atoms. The zero-order valence-corrected chi connectivity index (χ0v) is 11.9. The van der Waals surface area contributed by atoms with Gasteiger partial charge in [-0.1, -0.05) is 23.7 Å². The second kappa shape index (κ2) is 6.91. The van der Waals surface area contributed by atoms with Crippen molar-refractivity contribution in [1.82, 2.24) is 4.98 Å². The van der Waals surface area contributed by atoms with Gasteiger partial charge in [-0.25, -0.2) is 0 Å². The summed E-state index contributed by atoms with van der Waals surface area (Å²) in [5, 5.41) is 3.16. The number of rotatable bonds is 5. The number of benzene rings is 1. The van der Waals surface area contributed by atoms with Crippen molar-refractivity contribution in [2.75, 3.05) is 11.9 Å². The highest BCUT2D eigenvalue weighted by Crippen LogP contribution is 2.19. The normalized spacial score (nSPS) is 10.1. The molecule has 0 aliphatic heterocycles. The molecule has 0 fully saturated rings. The standard InChI is InChI=1S/C15H15ClN2O2/c1-11-3-2-4-12(9-11)20-8-6-15(19)18-14-10-17-7-5-13(14)16/h2-5,7,9-10H,6,8H2,1H3,(H,18,19). The van der Waals surface area contributed by atoms with E-state index in [-0.39, 0.29) is 12.3 Å². The van der Waals surface area contributed by atoms with Crippen molar-refractivity contribution in [3.05, 3.63) is 53.3 Å². The number of carbonyl (C=O) groups excluding carboxylic acids is 1. The lowest BCUT2D eigenvalue weighted by Crippen LogP contribution is -2.15. The first-order valence-electron chi connectivity index (χ1n) is 6.24. The van der Waals surface area contributed by atoms with Gasteiger partial charge in [-0.3, -0.25) is 9.78 Å². The smallest absolute Gasteiger partial charge is 0.227 e. The molecule has 0 unspecified atom stereocenters. The molecule has 1 aromatic carbocycles. The van der Waals surface area contributed by atoms with Crippen LogP contribution < -0.4 is 10.1 Å². The molecule has 0 saturated carbocycles. The molecule has 0 aliphatic carbocycles. The summed E-state index contributed by atoms with van der Waals surface area (Å²) in [7, 11) is 0. The van der Waals surface area contributed by atoms with E-state index in [0.29, 0.717) is 17.3 Å². The minimum Gasteiger partial charge on any atom is -0.493 e. The van der Waals surface area contributed by atoms with E-state index in [1.165, 1.54) is 6.20 Å². The van der Waals surface area contributed by atoms with Crippen molar-refractivity contribution in [2.24, 2.45) is 0 Å². The third-order valence-electron chi connectivity index (χ3n) is 2.63. The summed E-state index contributed by atoms with van der Waals surface area (Å²) in [6.45, 7) is 2.30. The molecule has 2 rings (SSSR count). The van der Waals surface area contributed by atoms with E-state index in [0.717, 1.165) is 11.3 Å². The van der Waals surface area contributed by atoms with Crippen molar-refractivity contribution < 1.29 is 9.53 Å². The highest BCUT2D eigenvalue weighted by molar-refractivity contribution is 6.33. The molecule has 0 radical (unpaired) electrons. The number of aromatic nitrogens is 1. The lowest BCUT2D eigenvalue weighted by atomic mass is 10.2. The maximum Gasteiger partial charge on any atom is 0.227 e. The van der Waals surface area contributed by atoms with E-state index in [2.05, 4.69) is 10.3 Å². The van der Waals surface area contributed by atoms with Crippen LogP contribution in [0.3, 0.4) is 0 Å². The van der Waals surface area contributed by atoms with Gasteiger partial charge < -0.3 is 10.1 Å². The van der Waals surface area contributed by atoms with Gasteiger partial charge in [0.1, 0.15) is 5.75 Å². The second-order valence-electron chi connectivity index (χ2n) is 4.32. The van der Waals surface area contributed by atoms with E-state index in [1.54, 1.807) is 12.3 Å². The molecule has 1 heterocycles. The van der Waals surface area contributed by atoms with Crippen LogP contribution in [0.2, 0.25) is 5.02 Å². The van der Waals surface area contributed by atoms with Crippen molar-refractivity contribution in [2.45, 2.75) is 13.3 Å². The summed E-state index contributed by atoms with van der Waals surface area (Å²) in [6.07, 6.45) is 3.33. The average molecular weight is 291 g/mol. The quantitative estimate of drug-likeness (QED) is 0.917. The minimum absolute atomic E-state index is 0.160. The third-order valence-corrected chi connectivity index (χ3v) is 2.96. The first-order chi connectivity index (χ1) is 9.65. The van der Waals surface area contributed by atoms with E-state index in [4.69, 9.17) is 16.3 Å². The van der Waals surface area contributed by atoms with Crippen molar-refractivity contribution in [3.8, 4) is 5.75 Å². The molecule has 2 aromatic rings. The number of amides is 1. The predicted molar refractivity (Wildman–Crippen MR) is 79.2 cm³/mol. The summed E-state index contributed by atoms with van der Waals surface area (Å²) < 4.78 is 5.52. The number of nitrogens with zero attached hydrogens (tertiary/aromatic N) is 1. The Morgan fingerprint density at radius 3 is 3.00 bits per heavy atom. The molecule has 1 aromatic heterocycles. The molecule has 0 spiro atoms. The molecule has 20 heavy (non-hydrogen) atoms. The van der Waals surface area contributed by atoms with E-state index < -0.39 is 0 Å². The first kappa shape index (κ1) is 14.3. The van der Waals surface area contributed by atoms with Gasteiger partial charge in [0.15, 0.2) is 0 Å². The van der Waals surface area contributed by atoms with Crippen LogP contribution in [-0.2, 0) is 4.79 Å². The van der Waals surface area contributed by atoms with Crippen LogP contribution in [0.15, 0.2) is 42.7 Å². The molecule has 5 heteroatoms. The number of halogens is 1. The van der Waals surface area contributed by atoms with Crippen LogP contribution in [0.25, 0.3) is 0 Å². The lowest BCUT2D eigenvalue weighted by Gasteiger charge is -2.08. The molecule has 1 amide bonds. The van der Waals surface area contributed by atoms with Gasteiger partial charge in [0.05, 0.1) is 29.9 Å². The van der Waals surface area contributed by atoms with Crippen LogP contribution >= 0.6 is 11.6 Å². The Hall–Kier alpha value is -2.07.